The predicted octanol–water partition coefficient (Wildman–Crippen LogP) is 1.96. The lowest BCUT2D eigenvalue weighted by molar-refractivity contribution is 0.217. The molecule has 2 amide bonds. The third kappa shape index (κ3) is 3.73. The summed E-state index contributed by atoms with van der Waals surface area (Å²) >= 11 is 0. The number of amides is 2. The molecule has 0 aliphatic carbocycles. The molecule has 0 aliphatic rings. The van der Waals surface area contributed by atoms with Crippen molar-refractivity contribution in [2.75, 3.05) is 24.7 Å². The molecule has 18 heavy (non-hydrogen) atoms. The van der Waals surface area contributed by atoms with Crippen molar-refractivity contribution in [3.05, 3.63) is 24.3 Å². The van der Waals surface area contributed by atoms with E-state index in [-0.39, 0.29) is 10.9 Å². The van der Waals surface area contributed by atoms with Gasteiger partial charge in [-0.2, -0.15) is 0 Å². The minimum atomic E-state index is -3.26. The minimum absolute atomic E-state index is 0.194. The Labute approximate surface area is 108 Å². The van der Waals surface area contributed by atoms with Crippen molar-refractivity contribution in [3.8, 4) is 0 Å². The Morgan fingerprint density at radius 2 is 1.89 bits per heavy atom. The van der Waals surface area contributed by atoms with Crippen LogP contribution in [0.1, 0.15) is 13.8 Å². The van der Waals surface area contributed by atoms with Gasteiger partial charge in [-0.15, -0.1) is 0 Å². The Morgan fingerprint density at radius 3 is 2.39 bits per heavy atom. The number of sulfone groups is 1. The summed E-state index contributed by atoms with van der Waals surface area (Å²) in [7, 11) is -3.26. The molecule has 0 fully saturated rings. The van der Waals surface area contributed by atoms with Gasteiger partial charge in [0.1, 0.15) is 0 Å². The maximum Gasteiger partial charge on any atom is 0.321 e. The zero-order valence-electron chi connectivity index (χ0n) is 10.8. The fourth-order valence-electron chi connectivity index (χ4n) is 1.52. The Balaban J connectivity index is 2.89. The van der Waals surface area contributed by atoms with E-state index in [4.69, 9.17) is 0 Å². The summed E-state index contributed by atoms with van der Waals surface area (Å²) < 4.78 is 22.8. The molecule has 100 valence electrons. The highest BCUT2D eigenvalue weighted by molar-refractivity contribution is 7.90. The molecule has 0 unspecified atom stereocenters. The Bertz CT molecular complexity index is 522. The number of urea groups is 1. The van der Waals surface area contributed by atoms with E-state index in [1.165, 1.54) is 12.1 Å². The number of carbonyl (C=O) groups is 1. The van der Waals surface area contributed by atoms with E-state index in [9.17, 15) is 13.2 Å². The van der Waals surface area contributed by atoms with Gasteiger partial charge in [-0.3, -0.25) is 0 Å². The average molecular weight is 270 g/mol. The minimum Gasteiger partial charge on any atom is -0.325 e. The van der Waals surface area contributed by atoms with Gasteiger partial charge >= 0.3 is 6.03 Å². The van der Waals surface area contributed by atoms with Crippen molar-refractivity contribution in [3.63, 3.8) is 0 Å². The summed E-state index contributed by atoms with van der Waals surface area (Å²) in [5, 5.41) is 2.68. The number of carbonyl (C=O) groups excluding carboxylic acids is 1. The third-order valence-electron chi connectivity index (χ3n) is 2.56. The lowest BCUT2D eigenvalue weighted by atomic mass is 10.3. The van der Waals surface area contributed by atoms with Crippen molar-refractivity contribution >= 4 is 21.6 Å². The second-order valence-corrected chi connectivity index (χ2v) is 5.92. The molecule has 1 rings (SSSR count). The topological polar surface area (TPSA) is 66.5 Å². The third-order valence-corrected chi connectivity index (χ3v) is 3.67. The molecule has 0 saturated carbocycles. The first-order valence-electron chi connectivity index (χ1n) is 5.74. The quantitative estimate of drug-likeness (QED) is 0.909. The SMILES string of the molecule is CCN(CC)C(=O)Nc1cccc(S(C)(=O)=O)c1. The maximum atomic E-state index is 11.8. The lowest BCUT2D eigenvalue weighted by Crippen LogP contribution is -2.34. The van der Waals surface area contributed by atoms with Gasteiger partial charge in [0.25, 0.3) is 0 Å². The normalized spacial score (nSPS) is 11.1. The number of nitrogens with zero attached hydrogens (tertiary/aromatic N) is 1. The number of rotatable bonds is 4. The van der Waals surface area contributed by atoms with Crippen LogP contribution in [0.25, 0.3) is 0 Å². The molecule has 0 heterocycles. The van der Waals surface area contributed by atoms with Crippen molar-refractivity contribution in [2.45, 2.75) is 18.7 Å². The van der Waals surface area contributed by atoms with Crippen molar-refractivity contribution in [1.82, 2.24) is 4.90 Å². The van der Waals surface area contributed by atoms with E-state index in [1.54, 1.807) is 17.0 Å². The standard InChI is InChI=1S/C12H18N2O3S/c1-4-14(5-2)12(15)13-10-7-6-8-11(9-10)18(3,16)17/h6-9H,4-5H2,1-3H3,(H,13,15). The summed E-state index contributed by atoms with van der Waals surface area (Å²) in [6.07, 6.45) is 1.14. The van der Waals surface area contributed by atoms with Gasteiger partial charge in [0.15, 0.2) is 9.84 Å². The van der Waals surface area contributed by atoms with Crippen LogP contribution in [-0.4, -0.2) is 38.7 Å². The number of hydrogen-bond acceptors (Lipinski definition) is 3. The highest BCUT2D eigenvalue weighted by Gasteiger charge is 2.11. The molecule has 1 N–H and O–H groups in total. The second kappa shape index (κ2) is 5.86. The van der Waals surface area contributed by atoms with E-state index in [2.05, 4.69) is 5.32 Å². The van der Waals surface area contributed by atoms with Gasteiger partial charge in [0.2, 0.25) is 0 Å². The van der Waals surface area contributed by atoms with Crippen LogP contribution in [0.5, 0.6) is 0 Å². The van der Waals surface area contributed by atoms with E-state index < -0.39 is 9.84 Å². The molecule has 0 spiro atoms. The average Bonchev–Trinajstić information content (AvgIpc) is 2.29. The van der Waals surface area contributed by atoms with Crippen molar-refractivity contribution in [2.24, 2.45) is 0 Å². The molecule has 0 atom stereocenters. The van der Waals surface area contributed by atoms with E-state index in [0.29, 0.717) is 18.8 Å². The molecule has 0 saturated heterocycles. The van der Waals surface area contributed by atoms with Gasteiger partial charge in [0, 0.05) is 25.0 Å². The van der Waals surface area contributed by atoms with Gasteiger partial charge in [-0.05, 0) is 32.0 Å². The Kier molecular flexibility index (Phi) is 4.72. The molecular formula is C12H18N2O3S. The summed E-state index contributed by atoms with van der Waals surface area (Å²) in [6.45, 7) is 4.98. The summed E-state index contributed by atoms with van der Waals surface area (Å²) in [4.78, 5) is 13.6. The van der Waals surface area contributed by atoms with Gasteiger partial charge < -0.3 is 10.2 Å². The fraction of sp³-hybridized carbons (Fsp3) is 0.417. The van der Waals surface area contributed by atoms with Crippen LogP contribution < -0.4 is 5.32 Å². The molecule has 0 aromatic heterocycles. The zero-order valence-corrected chi connectivity index (χ0v) is 11.6. The molecule has 6 heteroatoms. The molecule has 0 aliphatic heterocycles. The Morgan fingerprint density at radius 1 is 1.28 bits per heavy atom. The highest BCUT2D eigenvalue weighted by atomic mass is 32.2. The predicted molar refractivity (Wildman–Crippen MR) is 71.5 cm³/mol. The monoisotopic (exact) mass is 270 g/mol. The Hall–Kier alpha value is -1.56. The maximum absolute atomic E-state index is 11.8. The van der Waals surface area contributed by atoms with Crippen LogP contribution in [0, 0.1) is 0 Å². The van der Waals surface area contributed by atoms with Crippen LogP contribution in [0.15, 0.2) is 29.2 Å². The molecular weight excluding hydrogens is 252 g/mol. The zero-order chi connectivity index (χ0) is 13.8. The summed E-state index contributed by atoms with van der Waals surface area (Å²) in [6, 6.07) is 5.99. The van der Waals surface area contributed by atoms with Crippen LogP contribution >= 0.6 is 0 Å². The first kappa shape index (κ1) is 14.5. The molecule has 0 radical (unpaired) electrons. The molecule has 1 aromatic rings. The van der Waals surface area contributed by atoms with E-state index >= 15 is 0 Å². The largest absolute Gasteiger partial charge is 0.325 e. The van der Waals surface area contributed by atoms with E-state index in [0.717, 1.165) is 6.26 Å². The first-order chi connectivity index (χ1) is 8.38. The number of benzene rings is 1. The van der Waals surface area contributed by atoms with Crippen LogP contribution in [-0.2, 0) is 9.84 Å². The van der Waals surface area contributed by atoms with Gasteiger partial charge in [-0.1, -0.05) is 6.07 Å². The van der Waals surface area contributed by atoms with Gasteiger partial charge in [0.05, 0.1) is 4.90 Å². The summed E-state index contributed by atoms with van der Waals surface area (Å²) in [5.41, 5.74) is 0.481. The molecule has 1 aromatic carbocycles. The molecule has 0 bridgehead atoms. The number of nitrogens with one attached hydrogen (secondary N) is 1. The lowest BCUT2D eigenvalue weighted by Gasteiger charge is -2.19. The number of hydrogen-bond donors (Lipinski definition) is 1. The van der Waals surface area contributed by atoms with Crippen LogP contribution in [0.2, 0.25) is 0 Å². The van der Waals surface area contributed by atoms with Crippen LogP contribution in [0.4, 0.5) is 10.5 Å². The van der Waals surface area contributed by atoms with E-state index in [1.807, 2.05) is 13.8 Å². The van der Waals surface area contributed by atoms with Crippen molar-refractivity contribution < 1.29 is 13.2 Å². The van der Waals surface area contributed by atoms with Crippen LogP contribution in [0.3, 0.4) is 0 Å². The first-order valence-corrected chi connectivity index (χ1v) is 7.63. The second-order valence-electron chi connectivity index (χ2n) is 3.90. The fourth-order valence-corrected chi connectivity index (χ4v) is 2.18. The highest BCUT2D eigenvalue weighted by Crippen LogP contribution is 2.15. The number of anilines is 1. The molecule has 5 nitrogen and oxygen atoms in total. The van der Waals surface area contributed by atoms with Gasteiger partial charge in [-0.25, -0.2) is 13.2 Å². The summed E-state index contributed by atoms with van der Waals surface area (Å²) in [5.74, 6) is 0. The van der Waals surface area contributed by atoms with Crippen molar-refractivity contribution in [1.29, 1.82) is 0 Å². The smallest absolute Gasteiger partial charge is 0.321 e.